The maximum atomic E-state index is 12.3. The Labute approximate surface area is 130 Å². The quantitative estimate of drug-likeness (QED) is 0.755. The Balaban J connectivity index is 2.09. The van der Waals surface area contributed by atoms with Gasteiger partial charge in [-0.25, -0.2) is 0 Å². The van der Waals surface area contributed by atoms with Crippen LogP contribution in [-0.4, -0.2) is 22.2 Å². The van der Waals surface area contributed by atoms with Crippen LogP contribution in [0.4, 0.5) is 0 Å². The smallest absolute Gasteiger partial charge is 0.219 e. The first kappa shape index (κ1) is 15.1. The Kier molecular flexibility index (Phi) is 4.83. The van der Waals surface area contributed by atoms with Gasteiger partial charge in [0.1, 0.15) is 11.4 Å². The molecule has 20 heavy (non-hydrogen) atoms. The van der Waals surface area contributed by atoms with E-state index >= 15 is 0 Å². The Morgan fingerprint density at radius 3 is 2.65 bits per heavy atom. The molecule has 0 N–H and O–H groups in total. The SMILES string of the molecule is CC(C)n1ncc(Br)c1C(=O)COc1ccc(Cl)cc1. The molecule has 6 heteroatoms. The molecule has 0 spiro atoms. The van der Waals surface area contributed by atoms with E-state index in [4.69, 9.17) is 16.3 Å². The largest absolute Gasteiger partial charge is 0.485 e. The number of nitrogens with zero attached hydrogens (tertiary/aromatic N) is 2. The second-order valence-electron chi connectivity index (χ2n) is 4.55. The number of halogens is 2. The molecule has 106 valence electrons. The molecule has 4 nitrogen and oxygen atoms in total. The first-order valence-electron chi connectivity index (χ1n) is 6.13. The number of rotatable bonds is 5. The molecule has 1 heterocycles. The lowest BCUT2D eigenvalue weighted by atomic mass is 10.2. The summed E-state index contributed by atoms with van der Waals surface area (Å²) in [4.78, 5) is 12.3. The zero-order chi connectivity index (χ0) is 14.7. The number of carbonyl (C=O) groups is 1. The monoisotopic (exact) mass is 356 g/mol. The van der Waals surface area contributed by atoms with Gasteiger partial charge in [0.25, 0.3) is 0 Å². The number of hydrogen-bond donors (Lipinski definition) is 0. The van der Waals surface area contributed by atoms with Crippen molar-refractivity contribution in [1.29, 1.82) is 0 Å². The van der Waals surface area contributed by atoms with Gasteiger partial charge < -0.3 is 4.74 Å². The van der Waals surface area contributed by atoms with Crippen molar-refractivity contribution in [3.8, 4) is 5.75 Å². The van der Waals surface area contributed by atoms with Crippen LogP contribution in [0, 0.1) is 0 Å². The number of benzene rings is 1. The lowest BCUT2D eigenvalue weighted by Gasteiger charge is -2.11. The number of ketones is 1. The van der Waals surface area contributed by atoms with E-state index in [1.165, 1.54) is 0 Å². The minimum absolute atomic E-state index is 0.0430. The molecule has 0 aliphatic heterocycles. The standard InChI is InChI=1S/C14H14BrClN2O2/c1-9(2)18-14(12(15)7-17-18)13(19)8-20-11-5-3-10(16)4-6-11/h3-7,9H,8H2,1-2H3. The van der Waals surface area contributed by atoms with E-state index in [-0.39, 0.29) is 18.4 Å². The molecule has 1 aromatic carbocycles. The van der Waals surface area contributed by atoms with Crippen molar-refractivity contribution in [2.24, 2.45) is 0 Å². The number of Topliss-reactive ketones (excluding diaryl/α,β-unsaturated/α-hetero) is 1. The molecule has 0 amide bonds. The van der Waals surface area contributed by atoms with Crippen molar-refractivity contribution in [3.63, 3.8) is 0 Å². The van der Waals surface area contributed by atoms with Crippen LogP contribution < -0.4 is 4.74 Å². The predicted molar refractivity (Wildman–Crippen MR) is 81.6 cm³/mol. The zero-order valence-electron chi connectivity index (χ0n) is 11.1. The Bertz CT molecular complexity index is 608. The fourth-order valence-corrected chi connectivity index (χ4v) is 2.36. The summed E-state index contributed by atoms with van der Waals surface area (Å²) in [5, 5.41) is 4.81. The molecule has 0 saturated carbocycles. The first-order chi connectivity index (χ1) is 9.49. The normalized spacial score (nSPS) is 10.8. The fourth-order valence-electron chi connectivity index (χ4n) is 1.74. The summed E-state index contributed by atoms with van der Waals surface area (Å²) >= 11 is 9.14. The van der Waals surface area contributed by atoms with E-state index in [0.29, 0.717) is 20.9 Å². The highest BCUT2D eigenvalue weighted by molar-refractivity contribution is 9.10. The van der Waals surface area contributed by atoms with Crippen molar-refractivity contribution < 1.29 is 9.53 Å². The molecule has 1 aromatic heterocycles. The summed E-state index contributed by atoms with van der Waals surface area (Å²) in [5.41, 5.74) is 0.522. The zero-order valence-corrected chi connectivity index (χ0v) is 13.5. The predicted octanol–water partition coefficient (Wildman–Crippen LogP) is 4.14. The Morgan fingerprint density at radius 2 is 2.05 bits per heavy atom. The van der Waals surface area contributed by atoms with Gasteiger partial charge in [-0.3, -0.25) is 9.48 Å². The number of hydrogen-bond acceptors (Lipinski definition) is 3. The molecule has 0 atom stereocenters. The van der Waals surface area contributed by atoms with E-state index in [1.807, 2.05) is 13.8 Å². The molecule has 0 radical (unpaired) electrons. The summed E-state index contributed by atoms with van der Waals surface area (Å²) < 4.78 is 7.82. The van der Waals surface area contributed by atoms with Crippen molar-refractivity contribution >= 4 is 33.3 Å². The van der Waals surface area contributed by atoms with Crippen LogP contribution in [-0.2, 0) is 0 Å². The molecule has 2 rings (SSSR count). The third kappa shape index (κ3) is 3.41. The van der Waals surface area contributed by atoms with Crippen molar-refractivity contribution in [2.45, 2.75) is 19.9 Å². The maximum Gasteiger partial charge on any atom is 0.219 e. The minimum atomic E-state index is -0.127. The van der Waals surface area contributed by atoms with Gasteiger partial charge in [0.05, 0.1) is 10.7 Å². The van der Waals surface area contributed by atoms with Gasteiger partial charge >= 0.3 is 0 Å². The molecule has 0 bridgehead atoms. The average Bonchev–Trinajstić information content (AvgIpc) is 2.80. The first-order valence-corrected chi connectivity index (χ1v) is 7.30. The number of aromatic nitrogens is 2. The van der Waals surface area contributed by atoms with E-state index in [0.717, 1.165) is 0 Å². The van der Waals surface area contributed by atoms with Gasteiger partial charge in [0.2, 0.25) is 5.78 Å². The van der Waals surface area contributed by atoms with Gasteiger partial charge in [-0.15, -0.1) is 0 Å². The Morgan fingerprint density at radius 1 is 1.40 bits per heavy atom. The van der Waals surface area contributed by atoms with E-state index in [2.05, 4.69) is 21.0 Å². The molecule has 0 unspecified atom stereocenters. The molecule has 0 fully saturated rings. The topological polar surface area (TPSA) is 44.1 Å². The average molecular weight is 358 g/mol. The number of carbonyl (C=O) groups excluding carboxylic acids is 1. The van der Waals surface area contributed by atoms with Gasteiger partial charge in [-0.1, -0.05) is 11.6 Å². The van der Waals surface area contributed by atoms with E-state index in [9.17, 15) is 4.79 Å². The second-order valence-corrected chi connectivity index (χ2v) is 5.84. The van der Waals surface area contributed by atoms with Crippen molar-refractivity contribution in [1.82, 2.24) is 9.78 Å². The van der Waals surface area contributed by atoms with Crippen LogP contribution in [0.15, 0.2) is 34.9 Å². The molecule has 0 saturated heterocycles. The van der Waals surface area contributed by atoms with Crippen LogP contribution in [0.3, 0.4) is 0 Å². The van der Waals surface area contributed by atoms with E-state index < -0.39 is 0 Å². The molecular formula is C14H14BrClN2O2. The fraction of sp³-hybridized carbons (Fsp3) is 0.286. The highest BCUT2D eigenvalue weighted by Crippen LogP contribution is 2.21. The van der Waals surface area contributed by atoms with Crippen LogP contribution in [0.2, 0.25) is 5.02 Å². The summed E-state index contributed by atoms with van der Waals surface area (Å²) in [6.45, 7) is 3.89. The summed E-state index contributed by atoms with van der Waals surface area (Å²) in [7, 11) is 0. The highest BCUT2D eigenvalue weighted by atomic mass is 79.9. The van der Waals surface area contributed by atoms with Gasteiger partial charge in [0, 0.05) is 11.1 Å². The van der Waals surface area contributed by atoms with Gasteiger partial charge in [0.15, 0.2) is 6.61 Å². The molecule has 2 aromatic rings. The lowest BCUT2D eigenvalue weighted by Crippen LogP contribution is -2.18. The third-order valence-corrected chi connectivity index (χ3v) is 3.52. The molecule has 0 aliphatic carbocycles. The second kappa shape index (κ2) is 6.41. The molecular weight excluding hydrogens is 344 g/mol. The third-order valence-electron chi connectivity index (χ3n) is 2.69. The van der Waals surface area contributed by atoms with Crippen LogP contribution in [0.1, 0.15) is 30.4 Å². The minimum Gasteiger partial charge on any atom is -0.485 e. The van der Waals surface area contributed by atoms with Crippen molar-refractivity contribution in [2.75, 3.05) is 6.61 Å². The van der Waals surface area contributed by atoms with Crippen LogP contribution >= 0.6 is 27.5 Å². The number of ether oxygens (including phenoxy) is 1. The maximum absolute atomic E-state index is 12.3. The lowest BCUT2D eigenvalue weighted by molar-refractivity contribution is 0.0908. The van der Waals surface area contributed by atoms with Crippen LogP contribution in [0.5, 0.6) is 5.75 Å². The van der Waals surface area contributed by atoms with Crippen molar-refractivity contribution in [3.05, 3.63) is 45.7 Å². The summed E-state index contributed by atoms with van der Waals surface area (Å²) in [6, 6.07) is 7.00. The van der Waals surface area contributed by atoms with Crippen LogP contribution in [0.25, 0.3) is 0 Å². The highest BCUT2D eigenvalue weighted by Gasteiger charge is 2.19. The Hall–Kier alpha value is -1.33. The molecule has 0 aliphatic rings. The van der Waals surface area contributed by atoms with E-state index in [1.54, 1.807) is 35.1 Å². The van der Waals surface area contributed by atoms with Gasteiger partial charge in [-0.05, 0) is 54.0 Å². The summed E-state index contributed by atoms with van der Waals surface area (Å²) in [5.74, 6) is 0.479. The van der Waals surface area contributed by atoms with Gasteiger partial charge in [-0.2, -0.15) is 5.10 Å². The summed E-state index contributed by atoms with van der Waals surface area (Å²) in [6.07, 6.45) is 1.62.